The van der Waals surface area contributed by atoms with Crippen molar-refractivity contribution in [1.82, 2.24) is 10.3 Å². The minimum absolute atomic E-state index is 0.0753. The number of fused-ring (bicyclic) bond motifs is 1. The van der Waals surface area contributed by atoms with E-state index < -0.39 is 0 Å². The molecule has 0 atom stereocenters. The molecule has 4 nitrogen and oxygen atoms in total. The van der Waals surface area contributed by atoms with Gasteiger partial charge in [-0.25, -0.2) is 4.98 Å². The number of nitrogens with one attached hydrogen (secondary N) is 2. The first-order valence-electron chi connectivity index (χ1n) is 6.22. The van der Waals surface area contributed by atoms with Crippen LogP contribution in [-0.4, -0.2) is 24.5 Å². The van der Waals surface area contributed by atoms with Crippen molar-refractivity contribution < 1.29 is 4.79 Å². The number of rotatable bonds is 5. The molecular formula is C12H19N3OS. The molecule has 2 N–H and O–H groups in total. The average Bonchev–Trinajstić information content (AvgIpc) is 2.71. The molecule has 0 bridgehead atoms. The molecule has 0 fully saturated rings. The molecule has 17 heavy (non-hydrogen) atoms. The summed E-state index contributed by atoms with van der Waals surface area (Å²) < 4.78 is 0. The third kappa shape index (κ3) is 3.51. The Bertz CT molecular complexity index is 366. The van der Waals surface area contributed by atoms with Crippen LogP contribution in [0.3, 0.4) is 0 Å². The van der Waals surface area contributed by atoms with Gasteiger partial charge in [0.25, 0.3) is 0 Å². The van der Waals surface area contributed by atoms with Crippen molar-refractivity contribution in [3.8, 4) is 0 Å². The molecule has 2 rings (SSSR count). The van der Waals surface area contributed by atoms with Gasteiger partial charge >= 0.3 is 0 Å². The van der Waals surface area contributed by atoms with E-state index in [0.29, 0.717) is 6.42 Å². The second-order valence-electron chi connectivity index (χ2n) is 4.35. The van der Waals surface area contributed by atoms with Crippen LogP contribution in [-0.2, 0) is 17.6 Å². The highest BCUT2D eigenvalue weighted by Crippen LogP contribution is 2.29. The maximum Gasteiger partial charge on any atom is 0.226 e. The third-order valence-electron chi connectivity index (χ3n) is 2.92. The summed E-state index contributed by atoms with van der Waals surface area (Å²) in [5.41, 5.74) is 1.20. The molecule has 0 unspecified atom stereocenters. The molecule has 0 saturated heterocycles. The third-order valence-corrected chi connectivity index (χ3v) is 4.00. The van der Waals surface area contributed by atoms with E-state index in [2.05, 4.69) is 15.6 Å². The first-order valence-corrected chi connectivity index (χ1v) is 7.04. The van der Waals surface area contributed by atoms with Gasteiger partial charge in [0.05, 0.1) is 5.69 Å². The van der Waals surface area contributed by atoms with Crippen LogP contribution in [0.1, 0.15) is 36.3 Å². The lowest BCUT2D eigenvalue weighted by atomic mass is 10.0. The number of aromatic nitrogens is 1. The van der Waals surface area contributed by atoms with Crippen molar-refractivity contribution in [2.24, 2.45) is 0 Å². The Kier molecular flexibility index (Phi) is 4.50. The zero-order chi connectivity index (χ0) is 12.1. The van der Waals surface area contributed by atoms with Gasteiger partial charge in [0.1, 0.15) is 0 Å². The Balaban J connectivity index is 1.86. The molecular weight excluding hydrogens is 234 g/mol. The normalized spacial score (nSPS) is 14.4. The van der Waals surface area contributed by atoms with Crippen molar-refractivity contribution >= 4 is 22.4 Å². The van der Waals surface area contributed by atoms with E-state index in [4.69, 9.17) is 0 Å². The fourth-order valence-corrected chi connectivity index (χ4v) is 3.08. The van der Waals surface area contributed by atoms with Crippen molar-refractivity contribution in [1.29, 1.82) is 0 Å². The molecule has 1 aromatic rings. The summed E-state index contributed by atoms with van der Waals surface area (Å²) >= 11 is 1.64. The lowest BCUT2D eigenvalue weighted by Gasteiger charge is -2.06. The Labute approximate surface area is 106 Å². The molecule has 1 heterocycles. The first-order chi connectivity index (χ1) is 8.29. The number of carbonyl (C=O) groups excluding carboxylic acids is 1. The second kappa shape index (κ2) is 6.12. The lowest BCUT2D eigenvalue weighted by molar-refractivity contribution is -0.116. The van der Waals surface area contributed by atoms with Crippen LogP contribution < -0.4 is 10.6 Å². The zero-order valence-electron chi connectivity index (χ0n) is 10.2. The summed E-state index contributed by atoms with van der Waals surface area (Å²) in [6, 6.07) is 0. The van der Waals surface area contributed by atoms with Crippen LogP contribution >= 0.6 is 11.3 Å². The number of anilines is 1. The summed E-state index contributed by atoms with van der Waals surface area (Å²) in [6.45, 7) is 0.877. The van der Waals surface area contributed by atoms with Gasteiger partial charge in [-0.2, -0.15) is 0 Å². The summed E-state index contributed by atoms with van der Waals surface area (Å²) in [5.74, 6) is 0.0753. The summed E-state index contributed by atoms with van der Waals surface area (Å²) in [5, 5.41) is 6.72. The van der Waals surface area contributed by atoms with E-state index in [9.17, 15) is 4.79 Å². The zero-order valence-corrected chi connectivity index (χ0v) is 11.0. The second-order valence-corrected chi connectivity index (χ2v) is 5.43. The van der Waals surface area contributed by atoms with Crippen LogP contribution in [0.5, 0.6) is 0 Å². The summed E-state index contributed by atoms with van der Waals surface area (Å²) in [7, 11) is 1.90. The number of hydrogen-bond acceptors (Lipinski definition) is 4. The highest BCUT2D eigenvalue weighted by molar-refractivity contribution is 7.15. The molecule has 1 aliphatic carbocycles. The Morgan fingerprint density at radius 1 is 1.41 bits per heavy atom. The van der Waals surface area contributed by atoms with Crippen molar-refractivity contribution in [2.45, 2.75) is 38.5 Å². The first kappa shape index (κ1) is 12.5. The summed E-state index contributed by atoms with van der Waals surface area (Å²) in [4.78, 5) is 17.5. The summed E-state index contributed by atoms with van der Waals surface area (Å²) in [6.07, 6.45) is 6.11. The molecule has 1 aliphatic rings. The topological polar surface area (TPSA) is 54.0 Å². The highest BCUT2D eigenvalue weighted by Gasteiger charge is 2.15. The average molecular weight is 253 g/mol. The number of aryl methyl sites for hydroxylation is 2. The van der Waals surface area contributed by atoms with E-state index in [0.717, 1.165) is 30.9 Å². The van der Waals surface area contributed by atoms with Crippen molar-refractivity contribution in [2.75, 3.05) is 18.9 Å². The number of nitrogens with zero attached hydrogens (tertiary/aromatic N) is 1. The predicted octanol–water partition coefficient (Wildman–Crippen LogP) is 1.96. The molecule has 0 saturated carbocycles. The minimum Gasteiger partial charge on any atom is -0.320 e. The standard InChI is InChI=1S/C12H19N3OS/c1-13-8-4-7-11(16)15-12-14-9-5-2-3-6-10(9)17-12/h13H,2-8H2,1H3,(H,14,15,16). The van der Waals surface area contributed by atoms with E-state index in [-0.39, 0.29) is 5.91 Å². The largest absolute Gasteiger partial charge is 0.320 e. The van der Waals surface area contributed by atoms with Crippen LogP contribution in [0.15, 0.2) is 0 Å². The highest BCUT2D eigenvalue weighted by atomic mass is 32.1. The number of thiazole rings is 1. The van der Waals surface area contributed by atoms with Gasteiger partial charge in [0, 0.05) is 11.3 Å². The molecule has 1 aromatic heterocycles. The molecule has 0 radical (unpaired) electrons. The van der Waals surface area contributed by atoms with Crippen LogP contribution in [0, 0.1) is 0 Å². The van der Waals surface area contributed by atoms with E-state index >= 15 is 0 Å². The van der Waals surface area contributed by atoms with Gasteiger partial charge in [-0.15, -0.1) is 11.3 Å². The van der Waals surface area contributed by atoms with Crippen LogP contribution in [0.2, 0.25) is 0 Å². The number of carbonyl (C=O) groups is 1. The fourth-order valence-electron chi connectivity index (χ4n) is 2.01. The minimum atomic E-state index is 0.0753. The maximum atomic E-state index is 11.6. The van der Waals surface area contributed by atoms with Gasteiger partial charge < -0.3 is 10.6 Å². The maximum absolute atomic E-state index is 11.6. The Morgan fingerprint density at radius 3 is 3.00 bits per heavy atom. The van der Waals surface area contributed by atoms with Crippen molar-refractivity contribution in [3.63, 3.8) is 0 Å². The number of amides is 1. The van der Waals surface area contributed by atoms with E-state index in [1.165, 1.54) is 23.4 Å². The van der Waals surface area contributed by atoms with E-state index in [1.807, 2.05) is 7.05 Å². The van der Waals surface area contributed by atoms with Gasteiger partial charge in [0.15, 0.2) is 5.13 Å². The lowest BCUT2D eigenvalue weighted by Crippen LogP contribution is -2.15. The number of hydrogen-bond donors (Lipinski definition) is 2. The van der Waals surface area contributed by atoms with E-state index in [1.54, 1.807) is 11.3 Å². The monoisotopic (exact) mass is 253 g/mol. The Hall–Kier alpha value is -0.940. The van der Waals surface area contributed by atoms with Gasteiger partial charge in [-0.3, -0.25) is 4.79 Å². The van der Waals surface area contributed by atoms with Gasteiger partial charge in [-0.1, -0.05) is 0 Å². The molecule has 1 amide bonds. The van der Waals surface area contributed by atoms with Crippen LogP contribution in [0.4, 0.5) is 5.13 Å². The quantitative estimate of drug-likeness (QED) is 0.789. The molecule has 0 aliphatic heterocycles. The predicted molar refractivity (Wildman–Crippen MR) is 70.5 cm³/mol. The molecule has 94 valence electrons. The van der Waals surface area contributed by atoms with Crippen LogP contribution in [0.25, 0.3) is 0 Å². The molecule has 5 heteroatoms. The molecule has 0 aromatic carbocycles. The Morgan fingerprint density at radius 2 is 2.24 bits per heavy atom. The van der Waals surface area contributed by atoms with Gasteiger partial charge in [0.2, 0.25) is 5.91 Å². The smallest absolute Gasteiger partial charge is 0.226 e. The van der Waals surface area contributed by atoms with Gasteiger partial charge in [-0.05, 0) is 45.7 Å². The SMILES string of the molecule is CNCCCC(=O)Nc1nc2c(s1)CCCC2. The molecule has 0 spiro atoms. The fraction of sp³-hybridized carbons (Fsp3) is 0.667. The van der Waals surface area contributed by atoms with Crippen molar-refractivity contribution in [3.05, 3.63) is 10.6 Å².